The predicted octanol–water partition coefficient (Wildman–Crippen LogP) is 3.33. The maximum atomic E-state index is 5.83. The molecule has 0 aliphatic carbocycles. The van der Waals surface area contributed by atoms with Crippen molar-refractivity contribution in [2.45, 2.75) is 0 Å². The first kappa shape index (κ1) is 12.3. The topological polar surface area (TPSA) is 35.2 Å². The number of rotatable bonds is 1. The van der Waals surface area contributed by atoms with Gasteiger partial charge in [-0.1, -0.05) is 23.4 Å². The average molecular weight is 258 g/mol. The Morgan fingerprint density at radius 2 is 1.78 bits per heavy atom. The highest BCUT2D eigenvalue weighted by Gasteiger charge is 1.96. The van der Waals surface area contributed by atoms with Crippen LogP contribution in [0.15, 0.2) is 42.5 Å². The largest absolute Gasteiger partial charge is 0.497 e. The van der Waals surface area contributed by atoms with Gasteiger partial charge in [0.15, 0.2) is 0 Å². The SMILES string of the molecule is COc1ccc(C#Cc2ccc(Cl)cc2N)cc1. The summed E-state index contributed by atoms with van der Waals surface area (Å²) in [5.74, 6) is 6.87. The second kappa shape index (κ2) is 5.48. The van der Waals surface area contributed by atoms with E-state index in [2.05, 4.69) is 11.8 Å². The van der Waals surface area contributed by atoms with E-state index in [1.807, 2.05) is 30.3 Å². The number of ether oxygens (including phenoxy) is 1. The quantitative estimate of drug-likeness (QED) is 0.628. The van der Waals surface area contributed by atoms with Crippen LogP contribution >= 0.6 is 11.6 Å². The number of nitrogen functional groups attached to an aromatic ring is 1. The minimum Gasteiger partial charge on any atom is -0.497 e. The number of anilines is 1. The maximum absolute atomic E-state index is 5.83. The van der Waals surface area contributed by atoms with Gasteiger partial charge >= 0.3 is 0 Å². The van der Waals surface area contributed by atoms with Crippen molar-refractivity contribution < 1.29 is 4.74 Å². The molecular weight excluding hydrogens is 246 g/mol. The molecule has 0 spiro atoms. The van der Waals surface area contributed by atoms with Crippen molar-refractivity contribution in [3.05, 3.63) is 58.6 Å². The van der Waals surface area contributed by atoms with Gasteiger partial charge in [0.2, 0.25) is 0 Å². The standard InChI is InChI=1S/C15H12ClNO/c1-18-14-8-3-11(4-9-14)2-5-12-6-7-13(16)10-15(12)17/h3-4,6-10H,17H2,1H3. The first-order valence-corrected chi connectivity index (χ1v) is 5.78. The van der Waals surface area contributed by atoms with Crippen molar-refractivity contribution >= 4 is 17.3 Å². The Morgan fingerprint density at radius 1 is 1.06 bits per heavy atom. The molecular formula is C15H12ClNO. The molecule has 0 aromatic heterocycles. The molecule has 2 aromatic carbocycles. The molecule has 18 heavy (non-hydrogen) atoms. The van der Waals surface area contributed by atoms with Gasteiger partial charge in [-0.3, -0.25) is 0 Å². The van der Waals surface area contributed by atoms with Crippen LogP contribution in [-0.2, 0) is 0 Å². The second-order valence-electron chi connectivity index (χ2n) is 3.71. The number of hydrogen-bond donors (Lipinski definition) is 1. The highest BCUT2D eigenvalue weighted by Crippen LogP contribution is 2.17. The van der Waals surface area contributed by atoms with Crippen molar-refractivity contribution in [2.24, 2.45) is 0 Å². The van der Waals surface area contributed by atoms with Gasteiger partial charge in [-0.2, -0.15) is 0 Å². The summed E-state index contributed by atoms with van der Waals surface area (Å²) in [5, 5.41) is 0.613. The molecule has 0 bridgehead atoms. The Hall–Kier alpha value is -2.11. The zero-order valence-corrected chi connectivity index (χ0v) is 10.7. The molecule has 3 heteroatoms. The van der Waals surface area contributed by atoms with Gasteiger partial charge in [-0.25, -0.2) is 0 Å². The van der Waals surface area contributed by atoms with E-state index >= 15 is 0 Å². The highest BCUT2D eigenvalue weighted by atomic mass is 35.5. The Labute approximate surface area is 111 Å². The average Bonchev–Trinajstić information content (AvgIpc) is 2.38. The smallest absolute Gasteiger partial charge is 0.118 e. The lowest BCUT2D eigenvalue weighted by Gasteiger charge is -1.99. The van der Waals surface area contributed by atoms with Crippen molar-refractivity contribution in [3.8, 4) is 17.6 Å². The van der Waals surface area contributed by atoms with Crippen LogP contribution in [0.3, 0.4) is 0 Å². The first-order valence-electron chi connectivity index (χ1n) is 5.40. The van der Waals surface area contributed by atoms with Crippen LogP contribution in [0.1, 0.15) is 11.1 Å². The van der Waals surface area contributed by atoms with E-state index in [1.54, 1.807) is 19.2 Å². The monoisotopic (exact) mass is 257 g/mol. The van der Waals surface area contributed by atoms with E-state index in [9.17, 15) is 0 Å². The molecule has 90 valence electrons. The minimum atomic E-state index is 0.587. The van der Waals surface area contributed by atoms with Crippen molar-refractivity contribution in [1.82, 2.24) is 0 Å². The zero-order valence-electron chi connectivity index (χ0n) is 9.91. The van der Waals surface area contributed by atoms with E-state index < -0.39 is 0 Å². The molecule has 0 saturated carbocycles. The van der Waals surface area contributed by atoms with Crippen molar-refractivity contribution in [1.29, 1.82) is 0 Å². The third kappa shape index (κ3) is 2.97. The Bertz CT molecular complexity index is 609. The van der Waals surface area contributed by atoms with E-state index in [4.69, 9.17) is 22.1 Å². The van der Waals surface area contributed by atoms with Crippen LogP contribution in [-0.4, -0.2) is 7.11 Å². The summed E-state index contributed by atoms with van der Waals surface area (Å²) in [7, 11) is 1.63. The number of hydrogen-bond acceptors (Lipinski definition) is 2. The summed E-state index contributed by atoms with van der Waals surface area (Å²) < 4.78 is 5.08. The van der Waals surface area contributed by atoms with Gasteiger partial charge in [0.05, 0.1) is 7.11 Å². The van der Waals surface area contributed by atoms with Crippen molar-refractivity contribution in [3.63, 3.8) is 0 Å². The lowest BCUT2D eigenvalue weighted by atomic mass is 10.1. The predicted molar refractivity (Wildman–Crippen MR) is 74.8 cm³/mol. The lowest BCUT2D eigenvalue weighted by Crippen LogP contribution is -1.89. The van der Waals surface area contributed by atoms with E-state index in [0.29, 0.717) is 10.7 Å². The van der Waals surface area contributed by atoms with Crippen LogP contribution in [0, 0.1) is 11.8 Å². The lowest BCUT2D eigenvalue weighted by molar-refractivity contribution is 0.415. The first-order chi connectivity index (χ1) is 8.69. The Balaban J connectivity index is 2.25. The van der Waals surface area contributed by atoms with Crippen LogP contribution in [0.2, 0.25) is 5.02 Å². The summed E-state index contributed by atoms with van der Waals surface area (Å²) in [6, 6.07) is 12.8. The molecule has 0 aliphatic rings. The third-order valence-corrected chi connectivity index (χ3v) is 2.68. The zero-order chi connectivity index (χ0) is 13.0. The molecule has 2 nitrogen and oxygen atoms in total. The van der Waals surface area contributed by atoms with Gasteiger partial charge in [-0.05, 0) is 42.5 Å². The summed E-state index contributed by atoms with van der Waals surface area (Å²) >= 11 is 5.83. The molecule has 0 heterocycles. The summed E-state index contributed by atoms with van der Waals surface area (Å²) in [4.78, 5) is 0. The number of benzene rings is 2. The minimum absolute atomic E-state index is 0.587. The van der Waals surface area contributed by atoms with Gasteiger partial charge in [0, 0.05) is 21.8 Å². The van der Waals surface area contributed by atoms with Gasteiger partial charge in [-0.15, -0.1) is 0 Å². The van der Waals surface area contributed by atoms with Gasteiger partial charge < -0.3 is 10.5 Å². The molecule has 2 N–H and O–H groups in total. The highest BCUT2D eigenvalue weighted by molar-refractivity contribution is 6.30. The molecule has 0 atom stereocenters. The van der Waals surface area contributed by atoms with Crippen molar-refractivity contribution in [2.75, 3.05) is 12.8 Å². The molecule has 0 fully saturated rings. The fourth-order valence-electron chi connectivity index (χ4n) is 1.46. The Morgan fingerprint density at radius 3 is 2.39 bits per heavy atom. The second-order valence-corrected chi connectivity index (χ2v) is 4.15. The summed E-state index contributed by atoms with van der Waals surface area (Å²) in [6.45, 7) is 0. The molecule has 0 radical (unpaired) electrons. The van der Waals surface area contributed by atoms with Crippen LogP contribution in [0.4, 0.5) is 5.69 Å². The number of halogens is 1. The summed E-state index contributed by atoms with van der Waals surface area (Å²) in [5.41, 5.74) is 8.09. The van der Waals surface area contributed by atoms with E-state index in [1.165, 1.54) is 0 Å². The van der Waals surface area contributed by atoms with E-state index in [0.717, 1.165) is 16.9 Å². The number of nitrogens with two attached hydrogens (primary N) is 1. The fourth-order valence-corrected chi connectivity index (χ4v) is 1.64. The third-order valence-electron chi connectivity index (χ3n) is 2.45. The molecule has 2 rings (SSSR count). The summed E-state index contributed by atoms with van der Waals surface area (Å²) in [6.07, 6.45) is 0. The molecule has 0 saturated heterocycles. The van der Waals surface area contributed by atoms with E-state index in [-0.39, 0.29) is 0 Å². The normalized spacial score (nSPS) is 9.44. The molecule has 0 amide bonds. The molecule has 0 unspecified atom stereocenters. The van der Waals surface area contributed by atoms with Gasteiger partial charge in [0.1, 0.15) is 5.75 Å². The van der Waals surface area contributed by atoms with Crippen LogP contribution in [0.5, 0.6) is 5.75 Å². The van der Waals surface area contributed by atoms with Crippen LogP contribution < -0.4 is 10.5 Å². The molecule has 0 aliphatic heterocycles. The Kier molecular flexibility index (Phi) is 3.76. The number of methoxy groups -OCH3 is 1. The maximum Gasteiger partial charge on any atom is 0.118 e. The molecule has 2 aromatic rings. The van der Waals surface area contributed by atoms with Crippen LogP contribution in [0.25, 0.3) is 0 Å². The fraction of sp³-hybridized carbons (Fsp3) is 0.0667. The van der Waals surface area contributed by atoms with Gasteiger partial charge in [0.25, 0.3) is 0 Å².